The first-order valence-electron chi connectivity index (χ1n) is 6.76. The highest BCUT2D eigenvalue weighted by Crippen LogP contribution is 2.21. The van der Waals surface area contributed by atoms with Crippen molar-refractivity contribution < 1.29 is 4.57 Å². The molecule has 0 aliphatic heterocycles. The van der Waals surface area contributed by atoms with Gasteiger partial charge in [-0.05, 0) is 45.4 Å². The maximum Gasteiger partial charge on any atom is 0.244 e. The van der Waals surface area contributed by atoms with Crippen molar-refractivity contribution in [3.05, 3.63) is 18.7 Å². The van der Waals surface area contributed by atoms with Gasteiger partial charge in [-0.1, -0.05) is 20.8 Å². The van der Waals surface area contributed by atoms with Crippen LogP contribution in [0.4, 0.5) is 0 Å². The van der Waals surface area contributed by atoms with Crippen LogP contribution in [0.25, 0.3) is 0 Å². The zero-order valence-electron chi connectivity index (χ0n) is 12.5. The number of aryl methyl sites for hydroxylation is 1. The van der Waals surface area contributed by atoms with Gasteiger partial charge in [-0.2, -0.15) is 0 Å². The topological polar surface area (TPSA) is 8.81 Å². The first kappa shape index (κ1) is 14.3. The predicted molar refractivity (Wildman–Crippen MR) is 72.9 cm³/mol. The number of hydrogen-bond donors (Lipinski definition) is 0. The molecule has 2 heteroatoms. The van der Waals surface area contributed by atoms with Crippen molar-refractivity contribution in [2.45, 2.75) is 72.9 Å². The van der Waals surface area contributed by atoms with E-state index < -0.39 is 0 Å². The van der Waals surface area contributed by atoms with Gasteiger partial charge in [-0.3, -0.25) is 0 Å². The molecule has 0 aromatic carbocycles. The van der Waals surface area contributed by atoms with Gasteiger partial charge in [0.1, 0.15) is 17.9 Å². The Kier molecular flexibility index (Phi) is 4.40. The third kappa shape index (κ3) is 5.38. The molecule has 0 atom stereocenters. The maximum absolute atomic E-state index is 2.32. The van der Waals surface area contributed by atoms with Crippen LogP contribution in [0.3, 0.4) is 0 Å². The summed E-state index contributed by atoms with van der Waals surface area (Å²) >= 11 is 0. The molecular formula is C15H29N2+. The van der Waals surface area contributed by atoms with E-state index in [1.165, 1.54) is 19.3 Å². The van der Waals surface area contributed by atoms with Crippen molar-refractivity contribution >= 4 is 0 Å². The highest BCUT2D eigenvalue weighted by molar-refractivity contribution is 4.78. The highest BCUT2D eigenvalue weighted by Gasteiger charge is 2.18. The summed E-state index contributed by atoms with van der Waals surface area (Å²) in [7, 11) is 0. The Morgan fingerprint density at radius 2 is 1.65 bits per heavy atom. The number of aromatic nitrogens is 2. The van der Waals surface area contributed by atoms with Crippen molar-refractivity contribution in [1.82, 2.24) is 4.57 Å². The van der Waals surface area contributed by atoms with Crippen molar-refractivity contribution in [2.24, 2.45) is 5.41 Å². The van der Waals surface area contributed by atoms with Gasteiger partial charge >= 0.3 is 0 Å². The summed E-state index contributed by atoms with van der Waals surface area (Å²) in [6, 6.07) is 0. The van der Waals surface area contributed by atoms with Gasteiger partial charge in [0.25, 0.3) is 0 Å². The second kappa shape index (κ2) is 5.24. The Morgan fingerprint density at radius 3 is 2.12 bits per heavy atom. The summed E-state index contributed by atoms with van der Waals surface area (Å²) in [5, 5.41) is 0. The van der Waals surface area contributed by atoms with Crippen LogP contribution in [0.2, 0.25) is 0 Å². The summed E-state index contributed by atoms with van der Waals surface area (Å²) in [6.07, 6.45) is 10.5. The molecule has 17 heavy (non-hydrogen) atoms. The van der Waals surface area contributed by atoms with Gasteiger partial charge in [-0.15, -0.1) is 0 Å². The fourth-order valence-corrected chi connectivity index (χ4v) is 1.87. The summed E-state index contributed by atoms with van der Waals surface area (Å²) < 4.78 is 4.57. The molecule has 1 aromatic rings. The molecule has 0 bridgehead atoms. The van der Waals surface area contributed by atoms with Crippen LogP contribution in [-0.4, -0.2) is 4.57 Å². The van der Waals surface area contributed by atoms with E-state index in [2.05, 4.69) is 69.4 Å². The van der Waals surface area contributed by atoms with Gasteiger partial charge in [0, 0.05) is 0 Å². The lowest BCUT2D eigenvalue weighted by Gasteiger charge is -2.17. The molecule has 0 amide bonds. The molecule has 1 aromatic heterocycles. The molecule has 0 aliphatic carbocycles. The molecule has 2 nitrogen and oxygen atoms in total. The zero-order chi connectivity index (χ0) is 13.1. The molecule has 0 unspecified atom stereocenters. The average molecular weight is 237 g/mol. The normalized spacial score (nSPS) is 13.1. The van der Waals surface area contributed by atoms with Gasteiger partial charge in [-0.25, -0.2) is 9.13 Å². The largest absolute Gasteiger partial charge is 0.244 e. The molecule has 1 heterocycles. The fourth-order valence-electron chi connectivity index (χ4n) is 1.87. The molecule has 0 aliphatic rings. The summed E-state index contributed by atoms with van der Waals surface area (Å²) in [5.41, 5.74) is 0.665. The van der Waals surface area contributed by atoms with Gasteiger partial charge in [0.15, 0.2) is 0 Å². The van der Waals surface area contributed by atoms with E-state index in [0.29, 0.717) is 5.41 Å². The van der Waals surface area contributed by atoms with Crippen LogP contribution < -0.4 is 4.57 Å². The Labute approximate surface area is 107 Å². The summed E-state index contributed by atoms with van der Waals surface area (Å²) in [5.74, 6) is 0. The van der Waals surface area contributed by atoms with E-state index in [-0.39, 0.29) is 5.54 Å². The van der Waals surface area contributed by atoms with Crippen molar-refractivity contribution in [3.63, 3.8) is 0 Å². The second-order valence-corrected chi connectivity index (χ2v) is 7.25. The number of imidazole rings is 1. The third-order valence-corrected chi connectivity index (χ3v) is 3.06. The van der Waals surface area contributed by atoms with E-state index >= 15 is 0 Å². The first-order chi connectivity index (χ1) is 7.68. The van der Waals surface area contributed by atoms with E-state index in [1.54, 1.807) is 0 Å². The third-order valence-electron chi connectivity index (χ3n) is 3.06. The smallest absolute Gasteiger partial charge is 0.237 e. The maximum atomic E-state index is 2.32. The SMILES string of the molecule is CC(C)(C)CCCC[n+]1ccn(C(C)(C)C)c1. The number of rotatable bonds is 4. The highest BCUT2D eigenvalue weighted by atomic mass is 15.1. The van der Waals surface area contributed by atoms with Crippen molar-refractivity contribution in [2.75, 3.05) is 0 Å². The molecule has 0 saturated heterocycles. The average Bonchev–Trinajstić information content (AvgIpc) is 2.58. The minimum Gasteiger partial charge on any atom is -0.237 e. The minimum atomic E-state index is 0.191. The zero-order valence-corrected chi connectivity index (χ0v) is 12.5. The summed E-state index contributed by atoms with van der Waals surface area (Å²) in [6.45, 7) is 14.8. The molecule has 1 rings (SSSR count). The summed E-state index contributed by atoms with van der Waals surface area (Å²) in [4.78, 5) is 0. The number of unbranched alkanes of at least 4 members (excludes halogenated alkanes) is 1. The van der Waals surface area contributed by atoms with Crippen molar-refractivity contribution in [3.8, 4) is 0 Å². The van der Waals surface area contributed by atoms with Gasteiger partial charge in [0.2, 0.25) is 6.33 Å². The monoisotopic (exact) mass is 237 g/mol. The predicted octanol–water partition coefficient (Wildman–Crippen LogP) is 3.75. The molecule has 0 spiro atoms. The van der Waals surface area contributed by atoms with Crippen LogP contribution in [0.5, 0.6) is 0 Å². The Balaban J connectivity index is 2.36. The van der Waals surface area contributed by atoms with Crippen LogP contribution in [0, 0.1) is 5.41 Å². The fraction of sp³-hybridized carbons (Fsp3) is 0.800. The van der Waals surface area contributed by atoms with E-state index in [4.69, 9.17) is 0 Å². The minimum absolute atomic E-state index is 0.191. The van der Waals surface area contributed by atoms with Crippen molar-refractivity contribution in [1.29, 1.82) is 0 Å². The van der Waals surface area contributed by atoms with Gasteiger partial charge < -0.3 is 0 Å². The quantitative estimate of drug-likeness (QED) is 0.557. The standard InChI is InChI=1S/C15H29N2/c1-14(2,3)9-7-8-10-16-11-12-17(13-16)15(4,5)6/h11-13H,7-10H2,1-6H3/q+1. The van der Waals surface area contributed by atoms with Crippen LogP contribution in [-0.2, 0) is 12.1 Å². The van der Waals surface area contributed by atoms with Crippen LogP contribution in [0.1, 0.15) is 60.8 Å². The Bertz CT molecular complexity index is 337. The number of hydrogen-bond acceptors (Lipinski definition) is 0. The van der Waals surface area contributed by atoms with E-state index in [9.17, 15) is 0 Å². The number of nitrogens with zero attached hydrogens (tertiary/aromatic N) is 2. The van der Waals surface area contributed by atoms with E-state index in [0.717, 1.165) is 6.54 Å². The van der Waals surface area contributed by atoms with E-state index in [1.807, 2.05) is 0 Å². The molecule has 0 fully saturated rings. The Hall–Kier alpha value is -0.790. The second-order valence-electron chi connectivity index (χ2n) is 7.25. The molecule has 0 N–H and O–H groups in total. The van der Waals surface area contributed by atoms with Crippen LogP contribution >= 0.6 is 0 Å². The molecule has 0 radical (unpaired) electrons. The lowest BCUT2D eigenvalue weighted by molar-refractivity contribution is -0.697. The first-order valence-corrected chi connectivity index (χ1v) is 6.76. The lowest BCUT2D eigenvalue weighted by Crippen LogP contribution is -2.32. The molecular weight excluding hydrogens is 208 g/mol. The molecule has 98 valence electrons. The van der Waals surface area contributed by atoms with Crippen LogP contribution in [0.15, 0.2) is 18.7 Å². The molecule has 0 saturated carbocycles. The van der Waals surface area contributed by atoms with Gasteiger partial charge in [0.05, 0.1) is 6.54 Å². The lowest BCUT2D eigenvalue weighted by atomic mass is 9.90. The Morgan fingerprint density at radius 1 is 1.00 bits per heavy atom.